The number of nitrogens with one attached hydrogen (secondary N) is 2. The van der Waals surface area contributed by atoms with Crippen LogP contribution in [0.15, 0.2) is 29.4 Å². The molecule has 0 aliphatic carbocycles. The number of methoxy groups -OCH3 is 1. The van der Waals surface area contributed by atoms with Crippen LogP contribution in [0.1, 0.15) is 13.3 Å². The Kier molecular flexibility index (Phi) is 3.82. The average molecular weight is 247 g/mol. The number of carbonyl (C=O) groups excluding carboxylic acids is 1. The van der Waals surface area contributed by atoms with Crippen LogP contribution in [0.4, 0.5) is 5.69 Å². The number of carbonyl (C=O) groups is 1. The van der Waals surface area contributed by atoms with Gasteiger partial charge in [-0.3, -0.25) is 10.2 Å². The zero-order valence-electron chi connectivity index (χ0n) is 10.6. The predicted octanol–water partition coefficient (Wildman–Crippen LogP) is 1.62. The standard InChI is InChI=1S/C13H17N3O2/c1-9-7-8-14-13(17)12(9)16-15-10-3-5-11(18-2)6-4-10/h3-6,9,15H,7-8H2,1-2H3,(H,14,17)/b16-12-. The second kappa shape index (κ2) is 5.53. The third-order valence-electron chi connectivity index (χ3n) is 2.96. The van der Waals surface area contributed by atoms with Crippen molar-refractivity contribution in [2.75, 3.05) is 19.1 Å². The zero-order valence-corrected chi connectivity index (χ0v) is 10.6. The highest BCUT2D eigenvalue weighted by Gasteiger charge is 2.23. The largest absolute Gasteiger partial charge is 0.497 e. The summed E-state index contributed by atoms with van der Waals surface area (Å²) in [6.07, 6.45) is 0.925. The highest BCUT2D eigenvalue weighted by Crippen LogP contribution is 2.16. The van der Waals surface area contributed by atoms with Crippen LogP contribution in [0, 0.1) is 5.92 Å². The first-order chi connectivity index (χ1) is 8.70. The number of rotatable bonds is 3. The maximum absolute atomic E-state index is 11.6. The summed E-state index contributed by atoms with van der Waals surface area (Å²) in [5.41, 5.74) is 4.28. The zero-order chi connectivity index (χ0) is 13.0. The number of benzene rings is 1. The second-order valence-corrected chi connectivity index (χ2v) is 4.28. The topological polar surface area (TPSA) is 62.7 Å². The van der Waals surface area contributed by atoms with Crippen molar-refractivity contribution in [3.8, 4) is 5.75 Å². The Morgan fingerprint density at radius 2 is 2.11 bits per heavy atom. The molecule has 1 saturated heterocycles. The van der Waals surface area contributed by atoms with Gasteiger partial charge in [0, 0.05) is 12.5 Å². The molecule has 18 heavy (non-hydrogen) atoms. The van der Waals surface area contributed by atoms with Gasteiger partial charge >= 0.3 is 0 Å². The predicted molar refractivity (Wildman–Crippen MR) is 70.8 cm³/mol. The van der Waals surface area contributed by atoms with Crippen LogP contribution in [-0.2, 0) is 4.79 Å². The van der Waals surface area contributed by atoms with E-state index < -0.39 is 0 Å². The molecule has 1 aliphatic rings. The molecule has 96 valence electrons. The normalized spacial score (nSPS) is 21.6. The Hall–Kier alpha value is -2.04. The highest BCUT2D eigenvalue weighted by atomic mass is 16.5. The van der Waals surface area contributed by atoms with Gasteiger partial charge in [0.25, 0.3) is 5.91 Å². The van der Waals surface area contributed by atoms with Crippen molar-refractivity contribution in [1.82, 2.24) is 5.32 Å². The molecule has 1 aromatic carbocycles. The van der Waals surface area contributed by atoms with Gasteiger partial charge in [0.1, 0.15) is 11.5 Å². The number of nitrogens with zero attached hydrogens (tertiary/aromatic N) is 1. The van der Waals surface area contributed by atoms with E-state index in [1.165, 1.54) is 0 Å². The monoisotopic (exact) mass is 247 g/mol. The summed E-state index contributed by atoms with van der Waals surface area (Å²) >= 11 is 0. The minimum absolute atomic E-state index is 0.0882. The molecule has 2 rings (SSSR count). The van der Waals surface area contributed by atoms with E-state index >= 15 is 0 Å². The average Bonchev–Trinajstić information content (AvgIpc) is 2.39. The molecule has 0 saturated carbocycles. The fourth-order valence-corrected chi connectivity index (χ4v) is 1.80. The smallest absolute Gasteiger partial charge is 0.267 e. The fourth-order valence-electron chi connectivity index (χ4n) is 1.80. The molecule has 1 heterocycles. The Morgan fingerprint density at radius 1 is 1.39 bits per heavy atom. The summed E-state index contributed by atoms with van der Waals surface area (Å²) < 4.78 is 5.07. The minimum Gasteiger partial charge on any atom is -0.497 e. The summed E-state index contributed by atoms with van der Waals surface area (Å²) in [6, 6.07) is 7.39. The molecular weight excluding hydrogens is 230 g/mol. The molecule has 5 nitrogen and oxygen atoms in total. The van der Waals surface area contributed by atoms with Gasteiger partial charge in [-0.1, -0.05) is 6.92 Å². The number of ether oxygens (including phenoxy) is 1. The maximum Gasteiger partial charge on any atom is 0.267 e. The van der Waals surface area contributed by atoms with Gasteiger partial charge in [-0.2, -0.15) is 5.10 Å². The summed E-state index contributed by atoms with van der Waals surface area (Å²) in [5.74, 6) is 0.885. The first kappa shape index (κ1) is 12.4. The quantitative estimate of drug-likeness (QED) is 0.798. The first-order valence-corrected chi connectivity index (χ1v) is 5.96. The Labute approximate surface area is 106 Å². The summed E-state index contributed by atoms with van der Waals surface area (Å²) in [5, 5.41) is 6.97. The van der Waals surface area contributed by atoms with Gasteiger partial charge in [0.05, 0.1) is 12.8 Å². The molecule has 0 aromatic heterocycles. The molecule has 2 N–H and O–H groups in total. The summed E-state index contributed by atoms with van der Waals surface area (Å²) in [7, 11) is 1.62. The Balaban J connectivity index is 2.06. The first-order valence-electron chi connectivity index (χ1n) is 5.96. The van der Waals surface area contributed by atoms with Gasteiger partial charge in [-0.25, -0.2) is 0 Å². The molecule has 1 aliphatic heterocycles. The van der Waals surface area contributed by atoms with E-state index in [1.807, 2.05) is 31.2 Å². The second-order valence-electron chi connectivity index (χ2n) is 4.28. The van der Waals surface area contributed by atoms with Gasteiger partial charge in [-0.15, -0.1) is 0 Å². The number of hydrazone groups is 1. The number of hydrogen-bond donors (Lipinski definition) is 2. The number of amides is 1. The number of hydrogen-bond acceptors (Lipinski definition) is 4. The van der Waals surface area contributed by atoms with Crippen LogP contribution in [0.2, 0.25) is 0 Å². The molecule has 1 atom stereocenters. The van der Waals surface area contributed by atoms with E-state index in [0.717, 1.165) is 24.4 Å². The number of piperidine rings is 1. The van der Waals surface area contributed by atoms with Gasteiger partial charge in [0.2, 0.25) is 0 Å². The van der Waals surface area contributed by atoms with Gasteiger partial charge < -0.3 is 10.1 Å². The molecule has 1 unspecified atom stereocenters. The van der Waals surface area contributed by atoms with Crippen LogP contribution in [0.5, 0.6) is 5.75 Å². The molecule has 1 fully saturated rings. The molecule has 0 bridgehead atoms. The van der Waals surface area contributed by atoms with Crippen molar-refractivity contribution in [2.45, 2.75) is 13.3 Å². The van der Waals surface area contributed by atoms with Crippen molar-refractivity contribution >= 4 is 17.3 Å². The van der Waals surface area contributed by atoms with Crippen molar-refractivity contribution in [1.29, 1.82) is 0 Å². The van der Waals surface area contributed by atoms with Crippen LogP contribution >= 0.6 is 0 Å². The Bertz CT molecular complexity index is 454. The Morgan fingerprint density at radius 3 is 2.72 bits per heavy atom. The van der Waals surface area contributed by atoms with Crippen molar-refractivity contribution in [3.63, 3.8) is 0 Å². The van der Waals surface area contributed by atoms with Crippen LogP contribution < -0.4 is 15.5 Å². The van der Waals surface area contributed by atoms with Crippen LogP contribution in [0.25, 0.3) is 0 Å². The van der Waals surface area contributed by atoms with E-state index in [1.54, 1.807) is 7.11 Å². The minimum atomic E-state index is -0.0882. The molecule has 1 amide bonds. The van der Waals surface area contributed by atoms with Gasteiger partial charge in [0.15, 0.2) is 0 Å². The van der Waals surface area contributed by atoms with E-state index in [-0.39, 0.29) is 11.8 Å². The van der Waals surface area contributed by atoms with Crippen LogP contribution in [0.3, 0.4) is 0 Å². The lowest BCUT2D eigenvalue weighted by atomic mass is 9.98. The fraction of sp³-hybridized carbons (Fsp3) is 0.385. The van der Waals surface area contributed by atoms with E-state index in [2.05, 4.69) is 15.8 Å². The SMILES string of the molecule is COc1ccc(N/N=C2\C(=O)NCCC2C)cc1. The number of anilines is 1. The van der Waals surface area contributed by atoms with E-state index in [4.69, 9.17) is 4.74 Å². The molecule has 1 aromatic rings. The highest BCUT2D eigenvalue weighted by molar-refractivity contribution is 6.40. The third kappa shape index (κ3) is 2.80. The lowest BCUT2D eigenvalue weighted by Crippen LogP contribution is -2.42. The lowest BCUT2D eigenvalue weighted by Gasteiger charge is -2.20. The third-order valence-corrected chi connectivity index (χ3v) is 2.96. The summed E-state index contributed by atoms with van der Waals surface area (Å²) in [4.78, 5) is 11.6. The lowest BCUT2D eigenvalue weighted by molar-refractivity contribution is -0.115. The molecule has 5 heteroatoms. The summed E-state index contributed by atoms with van der Waals surface area (Å²) in [6.45, 7) is 2.73. The van der Waals surface area contributed by atoms with E-state index in [9.17, 15) is 4.79 Å². The van der Waals surface area contributed by atoms with Crippen molar-refractivity contribution in [2.24, 2.45) is 11.0 Å². The van der Waals surface area contributed by atoms with Crippen LogP contribution in [-0.4, -0.2) is 25.3 Å². The maximum atomic E-state index is 11.6. The van der Waals surface area contributed by atoms with Gasteiger partial charge in [-0.05, 0) is 30.7 Å². The van der Waals surface area contributed by atoms with Crippen molar-refractivity contribution < 1.29 is 9.53 Å². The van der Waals surface area contributed by atoms with E-state index in [0.29, 0.717) is 5.71 Å². The molecule has 0 radical (unpaired) electrons. The molecule has 0 spiro atoms. The molecular formula is C13H17N3O2. The van der Waals surface area contributed by atoms with Crippen molar-refractivity contribution in [3.05, 3.63) is 24.3 Å².